The normalized spacial score (nSPS) is 10.6. The summed E-state index contributed by atoms with van der Waals surface area (Å²) < 4.78 is 0.943. The predicted molar refractivity (Wildman–Crippen MR) is 112 cm³/mol. The molecule has 27 heavy (non-hydrogen) atoms. The van der Waals surface area contributed by atoms with Crippen LogP contribution in [0, 0.1) is 0 Å². The maximum Gasteiger partial charge on any atom is 0.263 e. The Bertz CT molecular complexity index is 967. The summed E-state index contributed by atoms with van der Waals surface area (Å²) in [5.74, 6) is -0.594. The summed E-state index contributed by atoms with van der Waals surface area (Å²) >= 11 is 7.61. The highest BCUT2D eigenvalue weighted by molar-refractivity contribution is 7.21. The lowest BCUT2D eigenvalue weighted by Gasteiger charge is -2.13. The zero-order valence-electron chi connectivity index (χ0n) is 15.1. The van der Waals surface area contributed by atoms with Crippen molar-refractivity contribution in [1.82, 2.24) is 10.6 Å². The third-order valence-electron chi connectivity index (χ3n) is 4.09. The monoisotopic (exact) mass is 401 g/mol. The van der Waals surface area contributed by atoms with E-state index in [0.29, 0.717) is 16.4 Å². The van der Waals surface area contributed by atoms with Gasteiger partial charge in [0, 0.05) is 36.4 Å². The fourth-order valence-corrected chi connectivity index (χ4v) is 4.01. The fourth-order valence-electron chi connectivity index (χ4n) is 2.58. The maximum absolute atomic E-state index is 12.3. The van der Waals surface area contributed by atoms with Crippen molar-refractivity contribution in [3.05, 3.63) is 64.0 Å². The molecule has 0 aliphatic heterocycles. The quantitative estimate of drug-likeness (QED) is 0.662. The average Bonchev–Trinajstić information content (AvgIpc) is 3.02. The second-order valence-electron chi connectivity index (χ2n) is 6.26. The van der Waals surface area contributed by atoms with Crippen LogP contribution in [0.2, 0.25) is 5.02 Å². The van der Waals surface area contributed by atoms with Crippen molar-refractivity contribution in [2.75, 3.05) is 25.5 Å². The number of hydrogen-bond acceptors (Lipinski definition) is 4. The van der Waals surface area contributed by atoms with E-state index in [4.69, 9.17) is 11.6 Å². The van der Waals surface area contributed by atoms with E-state index in [1.54, 1.807) is 0 Å². The third kappa shape index (κ3) is 4.59. The number of thiophene rings is 1. The lowest BCUT2D eigenvalue weighted by atomic mass is 10.2. The van der Waals surface area contributed by atoms with Crippen LogP contribution in [-0.2, 0) is 11.3 Å². The van der Waals surface area contributed by atoms with Gasteiger partial charge in [-0.1, -0.05) is 41.9 Å². The highest BCUT2D eigenvalue weighted by Gasteiger charge is 2.17. The molecule has 0 saturated carbocycles. The van der Waals surface area contributed by atoms with Crippen molar-refractivity contribution >= 4 is 50.5 Å². The Hall–Kier alpha value is -2.57. The number of rotatable bonds is 6. The number of nitrogens with zero attached hydrogens (tertiary/aromatic N) is 1. The third-order valence-corrected chi connectivity index (χ3v) is 5.77. The molecule has 0 aliphatic rings. The number of halogens is 1. The zero-order valence-corrected chi connectivity index (χ0v) is 16.7. The number of fused-ring (bicyclic) bond motifs is 1. The molecule has 0 saturated heterocycles. The van der Waals surface area contributed by atoms with Crippen LogP contribution in [0.25, 0.3) is 10.1 Å². The molecule has 2 aromatic carbocycles. The van der Waals surface area contributed by atoms with E-state index in [2.05, 4.69) is 10.6 Å². The van der Waals surface area contributed by atoms with Gasteiger partial charge in [-0.05, 0) is 23.8 Å². The summed E-state index contributed by atoms with van der Waals surface area (Å²) in [6.45, 7) is 0.311. The van der Waals surface area contributed by atoms with Crippen LogP contribution in [-0.4, -0.2) is 32.5 Å². The minimum Gasteiger partial charge on any atom is -0.378 e. The van der Waals surface area contributed by atoms with Crippen molar-refractivity contribution in [3.8, 4) is 0 Å². The van der Waals surface area contributed by atoms with Gasteiger partial charge in [0.15, 0.2) is 0 Å². The summed E-state index contributed by atoms with van der Waals surface area (Å²) in [5, 5.41) is 6.70. The summed E-state index contributed by atoms with van der Waals surface area (Å²) in [6, 6.07) is 15.5. The van der Waals surface area contributed by atoms with Gasteiger partial charge in [-0.3, -0.25) is 9.59 Å². The Labute approximate surface area is 166 Å². The molecule has 0 unspecified atom stereocenters. The molecule has 2 amide bonds. The van der Waals surface area contributed by atoms with Gasteiger partial charge in [0.05, 0.1) is 11.6 Å². The van der Waals surface area contributed by atoms with Gasteiger partial charge in [-0.25, -0.2) is 0 Å². The number of anilines is 1. The van der Waals surface area contributed by atoms with Gasteiger partial charge >= 0.3 is 0 Å². The second kappa shape index (κ2) is 8.41. The Morgan fingerprint density at radius 2 is 1.74 bits per heavy atom. The molecule has 0 bridgehead atoms. The molecule has 0 fully saturated rings. The summed E-state index contributed by atoms with van der Waals surface area (Å²) in [4.78, 5) is 26.8. The van der Waals surface area contributed by atoms with Gasteiger partial charge < -0.3 is 15.5 Å². The van der Waals surface area contributed by atoms with Crippen molar-refractivity contribution in [2.24, 2.45) is 0 Å². The van der Waals surface area contributed by atoms with Crippen LogP contribution in [0.3, 0.4) is 0 Å². The van der Waals surface area contributed by atoms with Gasteiger partial charge in [-0.15, -0.1) is 11.3 Å². The summed E-state index contributed by atoms with van der Waals surface area (Å²) in [7, 11) is 3.95. The van der Waals surface area contributed by atoms with E-state index >= 15 is 0 Å². The van der Waals surface area contributed by atoms with Crippen LogP contribution in [0.1, 0.15) is 15.2 Å². The fraction of sp³-hybridized carbons (Fsp3) is 0.200. The molecule has 5 nitrogen and oxygen atoms in total. The second-order valence-corrected chi connectivity index (χ2v) is 7.69. The molecule has 3 rings (SSSR count). The maximum atomic E-state index is 12.3. The number of carbonyl (C=O) groups is 2. The van der Waals surface area contributed by atoms with E-state index in [0.717, 1.165) is 21.3 Å². The number of carbonyl (C=O) groups excluding carboxylic acids is 2. The Morgan fingerprint density at radius 3 is 2.41 bits per heavy atom. The molecule has 0 radical (unpaired) electrons. The van der Waals surface area contributed by atoms with E-state index in [1.165, 1.54) is 11.3 Å². The smallest absolute Gasteiger partial charge is 0.263 e. The topological polar surface area (TPSA) is 61.4 Å². The van der Waals surface area contributed by atoms with Crippen molar-refractivity contribution in [2.45, 2.75) is 6.54 Å². The molecular weight excluding hydrogens is 382 g/mol. The lowest BCUT2D eigenvalue weighted by molar-refractivity contribution is -0.120. The largest absolute Gasteiger partial charge is 0.378 e. The minimum atomic E-state index is -0.341. The van der Waals surface area contributed by atoms with Crippen molar-refractivity contribution < 1.29 is 9.59 Å². The van der Waals surface area contributed by atoms with E-state index < -0.39 is 0 Å². The summed E-state index contributed by atoms with van der Waals surface area (Å²) in [5.41, 5.74) is 2.09. The van der Waals surface area contributed by atoms with Gasteiger partial charge in [0.2, 0.25) is 5.91 Å². The molecule has 1 heterocycles. The highest BCUT2D eigenvalue weighted by Crippen LogP contribution is 2.34. The van der Waals surface area contributed by atoms with Crippen LogP contribution >= 0.6 is 22.9 Å². The Balaban J connectivity index is 1.52. The molecule has 7 heteroatoms. The SMILES string of the molecule is CN(C)c1ccc(CNC(=O)CNC(=O)c2sc3ccccc3c2Cl)cc1. The summed E-state index contributed by atoms with van der Waals surface area (Å²) in [6.07, 6.45) is 0. The van der Waals surface area contributed by atoms with Crippen LogP contribution in [0.4, 0.5) is 5.69 Å². The molecule has 3 aromatic rings. The average molecular weight is 402 g/mol. The first-order valence-corrected chi connectivity index (χ1v) is 9.63. The number of hydrogen-bond donors (Lipinski definition) is 2. The van der Waals surface area contributed by atoms with Crippen LogP contribution in [0.15, 0.2) is 48.5 Å². The Kier molecular flexibility index (Phi) is 5.98. The van der Waals surface area contributed by atoms with Crippen LogP contribution < -0.4 is 15.5 Å². The standard InChI is InChI=1S/C20H20ClN3O2S/c1-24(2)14-9-7-13(8-10-14)11-22-17(25)12-23-20(26)19-18(21)15-5-3-4-6-16(15)27-19/h3-10H,11-12H2,1-2H3,(H,22,25)(H,23,26). The van der Waals surface area contributed by atoms with E-state index in [-0.39, 0.29) is 18.4 Å². The van der Waals surface area contributed by atoms with Gasteiger partial charge in [0.1, 0.15) is 4.88 Å². The highest BCUT2D eigenvalue weighted by atomic mass is 35.5. The minimum absolute atomic E-state index is 0.0980. The van der Waals surface area contributed by atoms with Crippen molar-refractivity contribution in [1.29, 1.82) is 0 Å². The predicted octanol–water partition coefficient (Wildman–Crippen LogP) is 3.67. The van der Waals surface area contributed by atoms with Gasteiger partial charge in [0.25, 0.3) is 5.91 Å². The first kappa shape index (κ1) is 19.2. The molecule has 140 valence electrons. The molecule has 2 N–H and O–H groups in total. The van der Waals surface area contributed by atoms with Crippen molar-refractivity contribution in [3.63, 3.8) is 0 Å². The number of nitrogens with one attached hydrogen (secondary N) is 2. The zero-order chi connectivity index (χ0) is 19.4. The number of amides is 2. The lowest BCUT2D eigenvalue weighted by Crippen LogP contribution is -2.36. The molecular formula is C20H20ClN3O2S. The molecule has 0 spiro atoms. The van der Waals surface area contributed by atoms with Gasteiger partial charge in [-0.2, -0.15) is 0 Å². The molecule has 1 aromatic heterocycles. The first-order valence-electron chi connectivity index (χ1n) is 8.44. The Morgan fingerprint density at radius 1 is 1.04 bits per heavy atom. The molecule has 0 atom stereocenters. The first-order chi connectivity index (χ1) is 13.0. The van der Waals surface area contributed by atoms with Crippen LogP contribution in [0.5, 0.6) is 0 Å². The van der Waals surface area contributed by atoms with E-state index in [1.807, 2.05) is 67.5 Å². The van der Waals surface area contributed by atoms with E-state index in [9.17, 15) is 9.59 Å². The number of benzene rings is 2. The molecule has 0 aliphatic carbocycles.